The second-order valence-electron chi connectivity index (χ2n) is 14.7. The summed E-state index contributed by atoms with van der Waals surface area (Å²) in [4.78, 5) is 48.3. The Morgan fingerprint density at radius 1 is 0.699 bits per heavy atom. The third kappa shape index (κ3) is 27.7. The molecule has 1 atom stereocenters. The summed E-state index contributed by atoms with van der Waals surface area (Å²) >= 11 is -0.613. The molecule has 0 bridgehead atoms. The summed E-state index contributed by atoms with van der Waals surface area (Å²) in [6.45, 7) is 10.9. The van der Waals surface area contributed by atoms with Crippen LogP contribution in [0.4, 0.5) is 28.0 Å². The number of hydroxylamine groups is 2. The molecular formula is C45H67F4N5O17S2. The monoisotopic (exact) mass is 1090 g/mol. The number of nitrogens with two attached hydrogens (primary N) is 1. The largest absolute Gasteiger partial charge is 0.443 e. The topological polar surface area (TPSA) is 254 Å². The number of carbonyl (C=O) groups is 3. The fourth-order valence-corrected chi connectivity index (χ4v) is 7.25. The zero-order valence-electron chi connectivity index (χ0n) is 41.1. The van der Waals surface area contributed by atoms with E-state index in [0.717, 1.165) is 6.42 Å². The van der Waals surface area contributed by atoms with Gasteiger partial charge in [-0.3, -0.25) is 14.4 Å². The Kier molecular flexibility index (Phi) is 33.8. The highest BCUT2D eigenvalue weighted by atomic mass is 32.2. The predicted molar refractivity (Wildman–Crippen MR) is 256 cm³/mol. The van der Waals surface area contributed by atoms with Gasteiger partial charge in [0.25, 0.3) is 5.91 Å². The molecule has 0 aliphatic carbocycles. The first-order valence-corrected chi connectivity index (χ1v) is 25.4. The maximum Gasteiger partial charge on any atom is 0.420 e. The lowest BCUT2D eigenvalue weighted by Gasteiger charge is -2.21. The zero-order valence-corrected chi connectivity index (χ0v) is 42.7. The van der Waals surface area contributed by atoms with Crippen LogP contribution in [0.3, 0.4) is 0 Å². The normalized spacial score (nSPS) is 12.7. The maximum absolute atomic E-state index is 13.6. The summed E-state index contributed by atoms with van der Waals surface area (Å²) in [7, 11) is 0. The molecule has 3 rings (SSSR count). The van der Waals surface area contributed by atoms with Crippen molar-refractivity contribution in [3.05, 3.63) is 50.7 Å². The minimum absolute atomic E-state index is 0.0111. The molecule has 1 aromatic carbocycles. The highest BCUT2D eigenvalue weighted by molar-refractivity contribution is 7.81. The third-order valence-corrected chi connectivity index (χ3v) is 10.9. The van der Waals surface area contributed by atoms with Crippen LogP contribution in [-0.4, -0.2) is 185 Å². The number of benzene rings is 1. The number of nitrogens with one attached hydrogen (secondary N) is 2. The summed E-state index contributed by atoms with van der Waals surface area (Å²) in [6.07, 6.45) is 1.32. The van der Waals surface area contributed by atoms with Crippen molar-refractivity contribution < 1.29 is 97.8 Å². The van der Waals surface area contributed by atoms with E-state index in [1.165, 1.54) is 16.4 Å². The maximum atomic E-state index is 13.6. The van der Waals surface area contributed by atoms with Gasteiger partial charge in [-0.15, -0.1) is 11.3 Å². The van der Waals surface area contributed by atoms with Crippen LogP contribution in [-0.2, 0) is 84.3 Å². The number of hydrogen-bond acceptors (Lipinski definition) is 20. The van der Waals surface area contributed by atoms with Gasteiger partial charge in [-0.2, -0.15) is 8.78 Å². The Morgan fingerprint density at radius 2 is 1.16 bits per heavy atom. The highest BCUT2D eigenvalue weighted by Gasteiger charge is 2.25. The van der Waals surface area contributed by atoms with Gasteiger partial charge in [0.2, 0.25) is 17.4 Å². The number of nitrogens with zero attached hydrogens (tertiary/aromatic N) is 2. The summed E-state index contributed by atoms with van der Waals surface area (Å²) in [6, 6.07) is 1.73. The molecule has 0 saturated heterocycles. The zero-order chi connectivity index (χ0) is 52.9. The SMILES string of the molecule is CCCN(OCC)C(=O)C1=Cc2sc(COC(=O)NS(=O)NCCOCCOCCOCCOCCOCCOCCOCCOCCOCCOCCC(=O)Oc3c(F)c(F)cc(F)c3F)cc2N=C(N)C1. The summed E-state index contributed by atoms with van der Waals surface area (Å²) in [5.74, 6) is -9.57. The van der Waals surface area contributed by atoms with Crippen molar-refractivity contribution in [3.8, 4) is 5.75 Å². The van der Waals surface area contributed by atoms with Crippen LogP contribution in [0.25, 0.3) is 6.08 Å². The molecule has 1 aromatic heterocycles. The van der Waals surface area contributed by atoms with Gasteiger partial charge in [0.05, 0.1) is 156 Å². The standard InChI is InChI=1S/C45H67F4N5O17S2/c1-3-7-54(70-4-2)44(56)33-28-38-37(52-39(50)29-33)30-34(72-38)32-69-45(57)53-73(58)51-6-9-60-11-13-62-15-17-64-19-21-66-23-25-68-27-26-67-24-22-65-20-18-63-16-14-61-12-10-59-8-5-40(55)71-43-41(48)35(46)31-36(47)42(43)49/h28,30-31,51H,3-27,29,32H2,1-2H3,(H2,50,52)(H,53,57). The van der Waals surface area contributed by atoms with Gasteiger partial charge in [-0.1, -0.05) is 6.92 Å². The average molecular weight is 1090 g/mol. The van der Waals surface area contributed by atoms with Gasteiger partial charge in [-0.05, 0) is 25.5 Å². The molecule has 0 radical (unpaired) electrons. The van der Waals surface area contributed by atoms with Gasteiger partial charge >= 0.3 is 12.1 Å². The predicted octanol–water partition coefficient (Wildman–Crippen LogP) is 3.83. The van der Waals surface area contributed by atoms with Crippen molar-refractivity contribution in [2.45, 2.75) is 39.7 Å². The van der Waals surface area contributed by atoms with Crippen LogP contribution >= 0.6 is 11.3 Å². The third-order valence-electron chi connectivity index (χ3n) is 9.03. The van der Waals surface area contributed by atoms with Crippen molar-refractivity contribution in [1.82, 2.24) is 14.5 Å². The molecule has 4 N–H and O–H groups in total. The van der Waals surface area contributed by atoms with Crippen molar-refractivity contribution >= 4 is 58.1 Å². The Bertz CT molecular complexity index is 1980. The van der Waals surface area contributed by atoms with E-state index in [9.17, 15) is 36.2 Å². The van der Waals surface area contributed by atoms with Gasteiger partial charge in [0.15, 0.2) is 22.8 Å². The smallest absolute Gasteiger partial charge is 0.420 e. The van der Waals surface area contributed by atoms with E-state index in [0.29, 0.717) is 133 Å². The van der Waals surface area contributed by atoms with E-state index in [2.05, 4.69) is 19.2 Å². The number of halogens is 4. The molecule has 0 fully saturated rings. The van der Waals surface area contributed by atoms with Crippen LogP contribution < -0.4 is 19.9 Å². The molecule has 1 unspecified atom stereocenters. The van der Waals surface area contributed by atoms with Crippen LogP contribution in [0, 0.1) is 23.3 Å². The Balaban J connectivity index is 0.999. The van der Waals surface area contributed by atoms with Gasteiger partial charge < -0.3 is 62.6 Å². The minimum Gasteiger partial charge on any atom is -0.443 e. The lowest BCUT2D eigenvalue weighted by Crippen LogP contribution is -2.36. The van der Waals surface area contributed by atoms with E-state index >= 15 is 0 Å². The molecule has 414 valence electrons. The number of hydrogen-bond donors (Lipinski definition) is 3. The van der Waals surface area contributed by atoms with Gasteiger partial charge in [0.1, 0.15) is 12.4 Å². The van der Waals surface area contributed by atoms with E-state index < -0.39 is 58.7 Å². The van der Waals surface area contributed by atoms with E-state index in [1.807, 2.05) is 6.92 Å². The Morgan fingerprint density at radius 3 is 1.63 bits per heavy atom. The van der Waals surface area contributed by atoms with Crippen molar-refractivity contribution in [2.24, 2.45) is 10.7 Å². The number of thiophene rings is 1. The van der Waals surface area contributed by atoms with Gasteiger partial charge in [-0.25, -0.2) is 37.3 Å². The van der Waals surface area contributed by atoms with Crippen LogP contribution in [0.2, 0.25) is 0 Å². The molecule has 2 heterocycles. The molecule has 22 nitrogen and oxygen atoms in total. The van der Waals surface area contributed by atoms with E-state index in [1.54, 1.807) is 19.1 Å². The number of carbonyl (C=O) groups excluding carboxylic acids is 3. The Hall–Kier alpha value is -4.27. The highest BCUT2D eigenvalue weighted by Crippen LogP contribution is 2.35. The number of amidine groups is 1. The van der Waals surface area contributed by atoms with Crippen molar-refractivity contribution in [2.75, 3.05) is 152 Å². The van der Waals surface area contributed by atoms with E-state index in [4.69, 9.17) is 62.7 Å². The molecule has 1 aliphatic heterocycles. The van der Waals surface area contributed by atoms with Crippen molar-refractivity contribution in [3.63, 3.8) is 0 Å². The second kappa shape index (κ2) is 39.2. The summed E-state index contributed by atoms with van der Waals surface area (Å²) in [5.41, 5.74) is 7.09. The molecule has 1 aliphatic rings. The first-order valence-electron chi connectivity index (χ1n) is 23.4. The lowest BCUT2D eigenvalue weighted by molar-refractivity contribution is -0.180. The fraction of sp³-hybridized carbons (Fsp3) is 0.644. The Labute approximate surface area is 428 Å². The molecule has 28 heteroatoms. The molecule has 73 heavy (non-hydrogen) atoms. The van der Waals surface area contributed by atoms with Crippen LogP contribution in [0.5, 0.6) is 5.75 Å². The lowest BCUT2D eigenvalue weighted by atomic mass is 10.1. The quantitative estimate of drug-likeness (QED) is 0.0213. The van der Waals surface area contributed by atoms with Crippen molar-refractivity contribution in [1.29, 1.82) is 0 Å². The summed E-state index contributed by atoms with van der Waals surface area (Å²) < 4.78 is 134. The average Bonchev–Trinajstić information content (AvgIpc) is 3.66. The number of ether oxygens (including phenoxy) is 12. The fourth-order valence-electron chi connectivity index (χ4n) is 5.72. The first-order chi connectivity index (χ1) is 35.4. The van der Waals surface area contributed by atoms with Crippen LogP contribution in [0.15, 0.2) is 22.7 Å². The number of fused-ring (bicyclic) bond motifs is 1. The van der Waals surface area contributed by atoms with Crippen LogP contribution in [0.1, 0.15) is 42.9 Å². The number of aliphatic imine (C=N–C) groups is 1. The molecular weight excluding hydrogens is 1020 g/mol. The first kappa shape index (κ1) is 63.0. The van der Waals surface area contributed by atoms with Gasteiger partial charge in [0, 0.05) is 36.0 Å². The molecule has 2 aromatic rings. The van der Waals surface area contributed by atoms with E-state index in [-0.39, 0.29) is 70.4 Å². The number of esters is 1. The summed E-state index contributed by atoms with van der Waals surface area (Å²) in [5, 5.41) is 1.32. The molecule has 0 saturated carbocycles. The second-order valence-corrected chi connectivity index (χ2v) is 16.9. The number of amides is 2. The minimum atomic E-state index is -1.91. The molecule has 0 spiro atoms. The molecule has 2 amide bonds. The number of rotatable bonds is 43.